The largest absolute Gasteiger partial charge is 0.469 e. The number of amides is 1. The van der Waals surface area contributed by atoms with E-state index in [9.17, 15) is 31.2 Å². The van der Waals surface area contributed by atoms with Gasteiger partial charge in [0.15, 0.2) is 9.84 Å². The van der Waals surface area contributed by atoms with E-state index < -0.39 is 33.9 Å². The molecular formula is C31H39F3N2O5S. The summed E-state index contributed by atoms with van der Waals surface area (Å²) in [7, 11) is -2.14. The molecule has 11 heteroatoms. The molecule has 0 spiro atoms. The molecule has 7 nitrogen and oxygen atoms in total. The van der Waals surface area contributed by atoms with Gasteiger partial charge in [0.05, 0.1) is 36.1 Å². The third kappa shape index (κ3) is 7.34. The van der Waals surface area contributed by atoms with Gasteiger partial charge in [-0.1, -0.05) is 32.0 Å². The summed E-state index contributed by atoms with van der Waals surface area (Å²) in [5.41, 5.74) is 3.13. The first-order chi connectivity index (χ1) is 19.9. The number of sulfone groups is 1. The van der Waals surface area contributed by atoms with Crippen LogP contribution >= 0.6 is 0 Å². The number of nitrogens with one attached hydrogen (secondary N) is 1. The summed E-state index contributed by atoms with van der Waals surface area (Å²) in [4.78, 5) is 28.0. The fraction of sp³-hybridized carbons (Fsp3) is 0.548. The molecule has 2 atom stereocenters. The number of carbonyl (C=O) groups is 2. The van der Waals surface area contributed by atoms with Gasteiger partial charge in [0, 0.05) is 24.7 Å². The van der Waals surface area contributed by atoms with Crippen molar-refractivity contribution < 1.29 is 35.9 Å². The first-order valence-corrected chi connectivity index (χ1v) is 16.1. The van der Waals surface area contributed by atoms with E-state index in [1.165, 1.54) is 19.2 Å². The number of halogens is 3. The molecule has 1 aliphatic carbocycles. The molecule has 2 aromatic rings. The molecule has 42 heavy (non-hydrogen) atoms. The van der Waals surface area contributed by atoms with Crippen LogP contribution in [0, 0.1) is 11.8 Å². The van der Waals surface area contributed by atoms with Crippen molar-refractivity contribution in [1.29, 1.82) is 0 Å². The van der Waals surface area contributed by atoms with E-state index in [1.807, 2.05) is 12.1 Å². The van der Waals surface area contributed by atoms with Gasteiger partial charge in [0.2, 0.25) is 0 Å². The van der Waals surface area contributed by atoms with Crippen LogP contribution in [0.25, 0.3) is 0 Å². The molecule has 1 amide bonds. The summed E-state index contributed by atoms with van der Waals surface area (Å²) in [5.74, 6) is -1.92. The molecule has 0 radical (unpaired) electrons. The minimum Gasteiger partial charge on any atom is -0.469 e. The number of hydrogen-bond acceptors (Lipinski definition) is 6. The van der Waals surface area contributed by atoms with Gasteiger partial charge in [-0.2, -0.15) is 13.2 Å². The lowest BCUT2D eigenvalue weighted by Gasteiger charge is -2.34. The quantitative estimate of drug-likeness (QED) is 0.326. The number of ether oxygens (including phenoxy) is 1. The molecule has 0 aromatic heterocycles. The van der Waals surface area contributed by atoms with Crippen molar-refractivity contribution >= 4 is 21.7 Å². The summed E-state index contributed by atoms with van der Waals surface area (Å²) in [6.07, 6.45) is -1.91. The van der Waals surface area contributed by atoms with E-state index in [0.717, 1.165) is 24.1 Å². The van der Waals surface area contributed by atoms with Gasteiger partial charge in [-0.3, -0.25) is 14.5 Å². The highest BCUT2D eigenvalue weighted by Gasteiger charge is 2.42. The molecule has 0 saturated heterocycles. The molecule has 1 heterocycles. The second-order valence-corrected chi connectivity index (χ2v) is 13.6. The lowest BCUT2D eigenvalue weighted by atomic mass is 9.81. The molecule has 1 N–H and O–H groups in total. The molecule has 0 bridgehead atoms. The average molecular weight is 609 g/mol. The summed E-state index contributed by atoms with van der Waals surface area (Å²) in [5, 5.41) is 2.90. The van der Waals surface area contributed by atoms with Gasteiger partial charge in [-0.05, 0) is 79.0 Å². The zero-order valence-corrected chi connectivity index (χ0v) is 25.1. The molecule has 230 valence electrons. The Kier molecular flexibility index (Phi) is 10.0. The van der Waals surface area contributed by atoms with Crippen molar-refractivity contribution in [1.82, 2.24) is 10.2 Å². The Hall–Kier alpha value is -2.92. The van der Waals surface area contributed by atoms with Crippen LogP contribution in [0.1, 0.15) is 91.5 Å². The van der Waals surface area contributed by atoms with Crippen LogP contribution < -0.4 is 5.32 Å². The number of alkyl halides is 3. The Labute approximate surface area is 245 Å². The van der Waals surface area contributed by atoms with Crippen LogP contribution in [0.2, 0.25) is 0 Å². The first kappa shape index (κ1) is 32.0. The molecule has 1 aliphatic heterocycles. The number of benzene rings is 2. The van der Waals surface area contributed by atoms with Crippen LogP contribution in [-0.2, 0) is 25.9 Å². The first-order valence-electron chi connectivity index (χ1n) is 14.5. The van der Waals surface area contributed by atoms with Crippen LogP contribution in [0.15, 0.2) is 47.4 Å². The third-order valence-electron chi connectivity index (χ3n) is 8.69. The number of methoxy groups -OCH3 is 1. The van der Waals surface area contributed by atoms with Crippen LogP contribution in [0.3, 0.4) is 0 Å². The van der Waals surface area contributed by atoms with E-state index in [2.05, 4.69) is 17.1 Å². The van der Waals surface area contributed by atoms with E-state index in [4.69, 9.17) is 4.74 Å². The van der Waals surface area contributed by atoms with Gasteiger partial charge < -0.3 is 10.1 Å². The molecular weight excluding hydrogens is 569 g/mol. The average Bonchev–Trinajstić information content (AvgIpc) is 3.32. The Balaban J connectivity index is 1.46. The zero-order valence-electron chi connectivity index (χ0n) is 24.2. The van der Waals surface area contributed by atoms with E-state index >= 15 is 0 Å². The second-order valence-electron chi connectivity index (χ2n) is 11.3. The van der Waals surface area contributed by atoms with Crippen molar-refractivity contribution in [3.8, 4) is 0 Å². The normalized spacial score (nSPS) is 21.9. The van der Waals surface area contributed by atoms with Gasteiger partial charge >= 0.3 is 12.1 Å². The number of nitrogens with zero attached hydrogens (tertiary/aromatic N) is 1. The van der Waals surface area contributed by atoms with Crippen molar-refractivity contribution in [3.05, 3.63) is 64.7 Å². The molecule has 1 fully saturated rings. The fourth-order valence-corrected chi connectivity index (χ4v) is 7.11. The molecule has 2 aliphatic rings. The number of hydrogen-bond donors (Lipinski definition) is 1. The summed E-state index contributed by atoms with van der Waals surface area (Å²) in [6, 6.07) is 11.1. The zero-order chi connectivity index (χ0) is 30.7. The third-order valence-corrected chi connectivity index (χ3v) is 10.4. The van der Waals surface area contributed by atoms with E-state index in [1.54, 1.807) is 25.1 Å². The van der Waals surface area contributed by atoms with Crippen molar-refractivity contribution in [2.75, 3.05) is 19.4 Å². The Morgan fingerprint density at radius 1 is 1.05 bits per heavy atom. The number of fused-ring (bicyclic) bond motifs is 1. The topological polar surface area (TPSA) is 92.8 Å². The van der Waals surface area contributed by atoms with Gasteiger partial charge in [-0.15, -0.1) is 0 Å². The van der Waals surface area contributed by atoms with Crippen LogP contribution in [0.4, 0.5) is 13.2 Å². The SMILES string of the molecule is CC[C@H]1c2ccc(C(=O)N[C@@H](CC(=O)OC)c3ccc(S(=O)(=O)CC)cc3)cc2CN1CC1CCC(C(F)(F)F)CC1. The van der Waals surface area contributed by atoms with Crippen LogP contribution in [0.5, 0.6) is 0 Å². The smallest absolute Gasteiger partial charge is 0.391 e. The van der Waals surface area contributed by atoms with Crippen molar-refractivity contribution in [3.63, 3.8) is 0 Å². The number of esters is 1. The summed E-state index contributed by atoms with van der Waals surface area (Å²) in [6.45, 7) is 4.99. The van der Waals surface area contributed by atoms with Crippen molar-refractivity contribution in [2.45, 2.75) is 82.1 Å². The second kappa shape index (κ2) is 13.2. The standard InChI is InChI=1S/C31H39F3N2O5S/c1-4-28-26-15-10-22(16-23(26)19-36(28)18-20-6-11-24(12-7-20)31(32,33)34)30(38)35-27(17-29(37)41-3)21-8-13-25(14-9-21)42(39,40)5-2/h8-10,13-16,20,24,27-28H,4-7,11-12,17-19H2,1-3H3,(H,35,38)/t20?,24?,27-,28-/m0/s1. The minimum atomic E-state index is -4.12. The Morgan fingerprint density at radius 3 is 2.29 bits per heavy atom. The molecule has 1 saturated carbocycles. The Morgan fingerprint density at radius 2 is 1.71 bits per heavy atom. The van der Waals surface area contributed by atoms with Gasteiger partial charge in [0.1, 0.15) is 0 Å². The van der Waals surface area contributed by atoms with Crippen LogP contribution in [-0.4, -0.2) is 50.8 Å². The molecule has 2 aromatic carbocycles. The Bertz CT molecular complexity index is 1370. The maximum absolute atomic E-state index is 13.4. The minimum absolute atomic E-state index is 0.0392. The number of carbonyl (C=O) groups excluding carboxylic acids is 2. The van der Waals surface area contributed by atoms with E-state index in [-0.39, 0.29) is 47.8 Å². The molecule has 0 unspecified atom stereocenters. The van der Waals surface area contributed by atoms with E-state index in [0.29, 0.717) is 30.5 Å². The highest BCUT2D eigenvalue weighted by Crippen LogP contribution is 2.42. The number of rotatable bonds is 10. The summed E-state index contributed by atoms with van der Waals surface area (Å²) < 4.78 is 68.6. The predicted octanol–water partition coefficient (Wildman–Crippen LogP) is 6.15. The predicted molar refractivity (Wildman–Crippen MR) is 152 cm³/mol. The van der Waals surface area contributed by atoms with Crippen molar-refractivity contribution in [2.24, 2.45) is 11.8 Å². The fourth-order valence-electron chi connectivity index (χ4n) is 6.23. The molecule has 4 rings (SSSR count). The maximum Gasteiger partial charge on any atom is 0.391 e. The summed E-state index contributed by atoms with van der Waals surface area (Å²) >= 11 is 0. The highest BCUT2D eigenvalue weighted by molar-refractivity contribution is 7.91. The lowest BCUT2D eigenvalue weighted by Crippen LogP contribution is -2.33. The van der Waals surface area contributed by atoms with Gasteiger partial charge in [0.25, 0.3) is 5.91 Å². The maximum atomic E-state index is 13.4. The lowest BCUT2D eigenvalue weighted by molar-refractivity contribution is -0.184. The van der Waals surface area contributed by atoms with Gasteiger partial charge in [-0.25, -0.2) is 8.42 Å². The highest BCUT2D eigenvalue weighted by atomic mass is 32.2. The monoisotopic (exact) mass is 608 g/mol.